The Bertz CT molecular complexity index is 831. The molecule has 0 aliphatic heterocycles. The first-order chi connectivity index (χ1) is 10.6. The maximum absolute atomic E-state index is 4.33. The van der Waals surface area contributed by atoms with Crippen LogP contribution in [0.5, 0.6) is 0 Å². The third-order valence-electron chi connectivity index (χ3n) is 3.62. The highest BCUT2D eigenvalue weighted by atomic mass is 127. The summed E-state index contributed by atoms with van der Waals surface area (Å²) < 4.78 is 5.10. The summed E-state index contributed by atoms with van der Waals surface area (Å²) in [5.41, 5.74) is 5.90. The molecule has 0 saturated carbocycles. The van der Waals surface area contributed by atoms with Gasteiger partial charge in [0, 0.05) is 26.2 Å². The first-order valence-corrected chi connectivity index (χ1v) is 7.98. The highest BCUT2D eigenvalue weighted by Gasteiger charge is 2.10. The lowest BCUT2D eigenvalue weighted by Crippen LogP contribution is -2.00. The predicted molar refractivity (Wildman–Crippen MR) is 95.7 cm³/mol. The number of halogens is 1. The smallest absolute Gasteiger partial charge is 0.141 e. The van der Waals surface area contributed by atoms with Gasteiger partial charge in [-0.25, -0.2) is 4.68 Å². The molecule has 6 heteroatoms. The Hall–Kier alpha value is -1.96. The molecule has 0 unspecified atom stereocenters. The predicted octanol–water partition coefficient (Wildman–Crippen LogP) is 3.48. The first-order valence-electron chi connectivity index (χ1n) is 6.90. The number of benzene rings is 1. The largest absolute Gasteiger partial charge is 0.318 e. The average Bonchev–Trinajstić information content (AvgIpc) is 3.09. The van der Waals surface area contributed by atoms with Crippen LogP contribution in [0.1, 0.15) is 22.5 Å². The second-order valence-electron chi connectivity index (χ2n) is 5.18. The van der Waals surface area contributed by atoms with Crippen molar-refractivity contribution in [1.29, 1.82) is 0 Å². The number of rotatable bonds is 3. The van der Waals surface area contributed by atoms with Crippen molar-refractivity contribution in [2.75, 3.05) is 0 Å². The van der Waals surface area contributed by atoms with E-state index in [9.17, 15) is 0 Å². The molecular formula is C16H16IN5. The van der Waals surface area contributed by atoms with Crippen molar-refractivity contribution in [3.8, 4) is 5.69 Å². The highest BCUT2D eigenvalue weighted by Crippen LogP contribution is 2.22. The second-order valence-corrected chi connectivity index (χ2v) is 6.34. The number of aromatic nitrogens is 4. The Morgan fingerprint density at radius 2 is 1.82 bits per heavy atom. The molecule has 112 valence electrons. The van der Waals surface area contributed by atoms with Crippen LogP contribution in [-0.4, -0.2) is 25.7 Å². The third kappa shape index (κ3) is 2.83. The zero-order chi connectivity index (χ0) is 15.7. The molecule has 5 nitrogen and oxygen atoms in total. The van der Waals surface area contributed by atoms with E-state index in [2.05, 4.69) is 87.5 Å². The van der Waals surface area contributed by atoms with Crippen LogP contribution in [-0.2, 0) is 0 Å². The average molecular weight is 405 g/mol. The fraction of sp³-hybridized carbons (Fsp3) is 0.188. The van der Waals surface area contributed by atoms with Crippen molar-refractivity contribution in [2.24, 2.45) is 5.10 Å². The van der Waals surface area contributed by atoms with Crippen molar-refractivity contribution in [1.82, 2.24) is 19.4 Å². The number of nitrogens with zero attached hydrogens (tertiary/aromatic N) is 5. The molecule has 0 amide bonds. The molecular weight excluding hydrogens is 389 g/mol. The third-order valence-corrected chi connectivity index (χ3v) is 4.78. The number of hydrogen-bond acceptors (Lipinski definition) is 3. The topological polar surface area (TPSA) is 48.0 Å². The quantitative estimate of drug-likeness (QED) is 0.495. The lowest BCUT2D eigenvalue weighted by atomic mass is 10.2. The molecule has 0 fully saturated rings. The van der Waals surface area contributed by atoms with E-state index in [4.69, 9.17) is 0 Å². The minimum absolute atomic E-state index is 1.08. The summed E-state index contributed by atoms with van der Waals surface area (Å²) in [5.74, 6) is 0. The summed E-state index contributed by atoms with van der Waals surface area (Å²) in [5, 5.41) is 11.8. The Labute approximate surface area is 142 Å². The van der Waals surface area contributed by atoms with E-state index in [-0.39, 0.29) is 0 Å². The molecule has 0 aliphatic carbocycles. The first kappa shape index (κ1) is 15.0. The minimum atomic E-state index is 1.08. The van der Waals surface area contributed by atoms with Crippen LogP contribution >= 0.6 is 22.6 Å². The zero-order valence-electron chi connectivity index (χ0n) is 12.7. The molecule has 2 heterocycles. The van der Waals surface area contributed by atoms with Crippen LogP contribution in [0.4, 0.5) is 0 Å². The Morgan fingerprint density at radius 1 is 1.09 bits per heavy atom. The molecule has 2 aromatic heterocycles. The molecule has 1 aromatic carbocycles. The van der Waals surface area contributed by atoms with Crippen molar-refractivity contribution in [2.45, 2.75) is 20.8 Å². The molecule has 0 spiro atoms. The fourth-order valence-electron chi connectivity index (χ4n) is 2.42. The van der Waals surface area contributed by atoms with E-state index < -0.39 is 0 Å². The van der Waals surface area contributed by atoms with Crippen molar-refractivity contribution < 1.29 is 0 Å². The summed E-state index contributed by atoms with van der Waals surface area (Å²) in [6, 6.07) is 8.64. The summed E-state index contributed by atoms with van der Waals surface area (Å²) in [7, 11) is 0. The number of aryl methyl sites for hydroxylation is 2. The van der Waals surface area contributed by atoms with Crippen LogP contribution < -0.4 is 0 Å². The standard InChI is InChI=1S/C16H16IN5/c1-11-4-5-15(7-16(11)17)22-12(2)6-14(13(22)3)8-20-21-9-18-19-10-21/h4-10H,1-3H3. The van der Waals surface area contributed by atoms with Gasteiger partial charge in [-0.05, 0) is 67.1 Å². The van der Waals surface area contributed by atoms with Gasteiger partial charge in [-0.1, -0.05) is 6.07 Å². The number of hydrogen-bond donors (Lipinski definition) is 0. The molecule has 0 atom stereocenters. The van der Waals surface area contributed by atoms with Crippen LogP contribution in [0.15, 0.2) is 42.0 Å². The normalized spacial score (nSPS) is 11.5. The molecule has 3 rings (SSSR count). The zero-order valence-corrected chi connectivity index (χ0v) is 14.8. The van der Waals surface area contributed by atoms with Gasteiger partial charge in [0.2, 0.25) is 0 Å². The van der Waals surface area contributed by atoms with E-state index in [1.807, 2.05) is 6.21 Å². The Kier molecular flexibility index (Phi) is 4.10. The van der Waals surface area contributed by atoms with Crippen molar-refractivity contribution >= 4 is 28.8 Å². The van der Waals surface area contributed by atoms with Crippen molar-refractivity contribution in [3.05, 3.63) is 63.0 Å². The summed E-state index contributed by atoms with van der Waals surface area (Å²) in [4.78, 5) is 0. The van der Waals surface area contributed by atoms with Crippen LogP contribution in [0, 0.1) is 24.3 Å². The lowest BCUT2D eigenvalue weighted by molar-refractivity contribution is 0.877. The SMILES string of the molecule is Cc1ccc(-n2c(C)cc(C=Nn3cnnc3)c2C)cc1I. The van der Waals surface area contributed by atoms with Gasteiger partial charge in [0.05, 0.1) is 6.21 Å². The monoisotopic (exact) mass is 405 g/mol. The maximum Gasteiger partial charge on any atom is 0.141 e. The summed E-state index contributed by atoms with van der Waals surface area (Å²) in [6.45, 7) is 6.33. The molecule has 0 aliphatic rings. The van der Waals surface area contributed by atoms with Crippen molar-refractivity contribution in [3.63, 3.8) is 0 Å². The fourth-order valence-corrected chi connectivity index (χ4v) is 2.92. The molecule has 0 saturated heterocycles. The van der Waals surface area contributed by atoms with E-state index in [1.165, 1.54) is 20.5 Å². The summed E-state index contributed by atoms with van der Waals surface area (Å²) >= 11 is 2.37. The molecule has 0 bridgehead atoms. The van der Waals surface area contributed by atoms with Gasteiger partial charge in [0.15, 0.2) is 0 Å². The Balaban J connectivity index is 2.01. The lowest BCUT2D eigenvalue weighted by Gasteiger charge is -2.11. The highest BCUT2D eigenvalue weighted by molar-refractivity contribution is 14.1. The van der Waals surface area contributed by atoms with E-state index in [0.717, 1.165) is 11.3 Å². The minimum Gasteiger partial charge on any atom is -0.318 e. The van der Waals surface area contributed by atoms with E-state index in [1.54, 1.807) is 17.3 Å². The van der Waals surface area contributed by atoms with Crippen LogP contribution in [0.2, 0.25) is 0 Å². The van der Waals surface area contributed by atoms with Gasteiger partial charge >= 0.3 is 0 Å². The van der Waals surface area contributed by atoms with Gasteiger partial charge in [-0.15, -0.1) is 10.2 Å². The van der Waals surface area contributed by atoms with Gasteiger partial charge in [0.25, 0.3) is 0 Å². The molecule has 0 N–H and O–H groups in total. The van der Waals surface area contributed by atoms with Gasteiger partial charge in [-0.3, -0.25) is 0 Å². The Morgan fingerprint density at radius 3 is 2.50 bits per heavy atom. The maximum atomic E-state index is 4.33. The van der Waals surface area contributed by atoms with E-state index >= 15 is 0 Å². The second kappa shape index (κ2) is 6.04. The van der Waals surface area contributed by atoms with Crippen LogP contribution in [0.3, 0.4) is 0 Å². The van der Waals surface area contributed by atoms with Gasteiger partial charge < -0.3 is 4.57 Å². The molecule has 0 radical (unpaired) electrons. The summed E-state index contributed by atoms with van der Waals surface area (Å²) in [6.07, 6.45) is 4.97. The van der Waals surface area contributed by atoms with E-state index in [0.29, 0.717) is 0 Å². The molecule has 3 aromatic rings. The van der Waals surface area contributed by atoms with Gasteiger partial charge in [-0.2, -0.15) is 5.10 Å². The molecule has 22 heavy (non-hydrogen) atoms. The van der Waals surface area contributed by atoms with Crippen LogP contribution in [0.25, 0.3) is 5.69 Å². The van der Waals surface area contributed by atoms with Gasteiger partial charge in [0.1, 0.15) is 12.7 Å².